The first kappa shape index (κ1) is 16.9. The Morgan fingerprint density at radius 2 is 2.21 bits per heavy atom. The average Bonchev–Trinajstić information content (AvgIpc) is 2.63. The molecule has 0 radical (unpaired) electrons. The minimum atomic E-state index is -0.497. The number of carbonyl (C=O) groups is 2. The van der Waals surface area contributed by atoms with Gasteiger partial charge in [-0.2, -0.15) is 0 Å². The van der Waals surface area contributed by atoms with Gasteiger partial charge in [0.1, 0.15) is 11.9 Å². The largest absolute Gasteiger partial charge is 0.331 e. The maximum atomic E-state index is 14.7. The first-order valence-corrected chi connectivity index (χ1v) is 8.73. The summed E-state index contributed by atoms with van der Waals surface area (Å²) >= 11 is 0. The molecule has 1 atom stereocenters. The maximum absolute atomic E-state index is 14.7. The average molecular weight is 333 g/mol. The van der Waals surface area contributed by atoms with Crippen molar-refractivity contribution in [2.45, 2.75) is 51.6 Å². The van der Waals surface area contributed by atoms with Gasteiger partial charge in [0.25, 0.3) is 0 Å². The molecular formula is C18H24FN3O2. The van der Waals surface area contributed by atoms with Crippen molar-refractivity contribution in [3.8, 4) is 0 Å². The van der Waals surface area contributed by atoms with Crippen LogP contribution in [-0.2, 0) is 22.6 Å². The van der Waals surface area contributed by atoms with E-state index in [1.807, 2.05) is 6.07 Å². The lowest BCUT2D eigenvalue weighted by Gasteiger charge is -2.34. The Balaban J connectivity index is 1.77. The molecule has 0 aliphatic carbocycles. The van der Waals surface area contributed by atoms with E-state index in [1.165, 1.54) is 0 Å². The van der Waals surface area contributed by atoms with Crippen LogP contribution in [0.3, 0.4) is 0 Å². The standard InChI is InChI=1S/C18H24FN3O2/c1-2-16(23)22-10-4-3-5-15(22)18(24)21-14-7-6-12-11-20-9-8-13(12)17(14)19/h6-7,15,20H,2-5,8-11H2,1H3,(H,21,24). The molecule has 24 heavy (non-hydrogen) atoms. The summed E-state index contributed by atoms with van der Waals surface area (Å²) in [6.07, 6.45) is 3.45. The van der Waals surface area contributed by atoms with E-state index in [-0.39, 0.29) is 23.3 Å². The Morgan fingerprint density at radius 3 is 3.00 bits per heavy atom. The van der Waals surface area contributed by atoms with Gasteiger partial charge in [-0.1, -0.05) is 13.0 Å². The van der Waals surface area contributed by atoms with Crippen molar-refractivity contribution in [3.05, 3.63) is 29.1 Å². The van der Waals surface area contributed by atoms with Crippen molar-refractivity contribution < 1.29 is 14.0 Å². The summed E-state index contributed by atoms with van der Waals surface area (Å²) in [4.78, 5) is 26.3. The quantitative estimate of drug-likeness (QED) is 0.891. The number of carbonyl (C=O) groups excluding carboxylic acids is 2. The second-order valence-corrected chi connectivity index (χ2v) is 6.43. The molecule has 1 aromatic rings. The number of hydrogen-bond acceptors (Lipinski definition) is 3. The van der Waals surface area contributed by atoms with E-state index in [4.69, 9.17) is 0 Å². The summed E-state index contributed by atoms with van der Waals surface area (Å²) in [7, 11) is 0. The van der Waals surface area contributed by atoms with Crippen molar-refractivity contribution in [2.75, 3.05) is 18.4 Å². The van der Waals surface area contributed by atoms with Crippen LogP contribution in [0, 0.1) is 5.82 Å². The Labute approximate surface area is 141 Å². The third-order valence-corrected chi connectivity index (χ3v) is 4.89. The van der Waals surface area contributed by atoms with Crippen molar-refractivity contribution in [1.82, 2.24) is 10.2 Å². The normalized spacial score (nSPS) is 20.4. The molecule has 130 valence electrons. The van der Waals surface area contributed by atoms with Crippen LogP contribution in [0.25, 0.3) is 0 Å². The van der Waals surface area contributed by atoms with E-state index >= 15 is 0 Å². The first-order chi connectivity index (χ1) is 11.6. The molecule has 1 fully saturated rings. The van der Waals surface area contributed by atoms with Crippen LogP contribution in [0.4, 0.5) is 10.1 Å². The minimum Gasteiger partial charge on any atom is -0.331 e. The third kappa shape index (κ3) is 3.29. The molecule has 1 saturated heterocycles. The molecule has 2 aliphatic heterocycles. The molecule has 3 rings (SSSR count). The second kappa shape index (κ2) is 7.30. The molecule has 0 aromatic heterocycles. The van der Waals surface area contributed by atoms with E-state index in [9.17, 15) is 14.0 Å². The fourth-order valence-corrected chi connectivity index (χ4v) is 3.55. The number of hydrogen-bond donors (Lipinski definition) is 2. The van der Waals surface area contributed by atoms with Crippen LogP contribution in [0.15, 0.2) is 12.1 Å². The van der Waals surface area contributed by atoms with Gasteiger partial charge in [-0.25, -0.2) is 4.39 Å². The first-order valence-electron chi connectivity index (χ1n) is 8.73. The van der Waals surface area contributed by atoms with Crippen molar-refractivity contribution in [2.24, 2.45) is 0 Å². The molecular weight excluding hydrogens is 309 g/mol. The number of likely N-dealkylation sites (tertiary alicyclic amines) is 1. The Bertz CT molecular complexity index is 647. The molecule has 5 nitrogen and oxygen atoms in total. The van der Waals surface area contributed by atoms with Gasteiger partial charge in [0.2, 0.25) is 11.8 Å². The van der Waals surface area contributed by atoms with E-state index < -0.39 is 6.04 Å². The van der Waals surface area contributed by atoms with E-state index in [0.717, 1.165) is 24.9 Å². The van der Waals surface area contributed by atoms with Gasteiger partial charge in [-0.15, -0.1) is 0 Å². The Morgan fingerprint density at radius 1 is 1.38 bits per heavy atom. The highest BCUT2D eigenvalue weighted by Gasteiger charge is 2.32. The Hall–Kier alpha value is -1.95. The molecule has 0 saturated carbocycles. The molecule has 0 spiro atoms. The highest BCUT2D eigenvalue weighted by molar-refractivity contribution is 5.97. The SMILES string of the molecule is CCC(=O)N1CCCCC1C(=O)Nc1ccc2c(c1F)CCNC2. The van der Waals surface area contributed by atoms with Crippen molar-refractivity contribution >= 4 is 17.5 Å². The summed E-state index contributed by atoms with van der Waals surface area (Å²) in [6, 6.07) is 2.98. The summed E-state index contributed by atoms with van der Waals surface area (Å²) in [5, 5.41) is 5.92. The Kier molecular flexibility index (Phi) is 5.14. The number of fused-ring (bicyclic) bond motifs is 1. The number of amides is 2. The monoisotopic (exact) mass is 333 g/mol. The molecule has 0 bridgehead atoms. The molecule has 2 aliphatic rings. The number of rotatable bonds is 3. The van der Waals surface area contributed by atoms with Gasteiger partial charge < -0.3 is 15.5 Å². The smallest absolute Gasteiger partial charge is 0.247 e. The lowest BCUT2D eigenvalue weighted by atomic mass is 9.98. The van der Waals surface area contributed by atoms with Crippen LogP contribution < -0.4 is 10.6 Å². The predicted octanol–water partition coefficient (Wildman–Crippen LogP) is 2.20. The fraction of sp³-hybridized carbons (Fsp3) is 0.556. The van der Waals surface area contributed by atoms with E-state index in [0.29, 0.717) is 37.9 Å². The van der Waals surface area contributed by atoms with Crippen LogP contribution in [-0.4, -0.2) is 35.8 Å². The topological polar surface area (TPSA) is 61.4 Å². The second-order valence-electron chi connectivity index (χ2n) is 6.43. The maximum Gasteiger partial charge on any atom is 0.247 e. The van der Waals surface area contributed by atoms with Gasteiger partial charge in [0.15, 0.2) is 0 Å². The van der Waals surface area contributed by atoms with Gasteiger partial charge in [0, 0.05) is 19.5 Å². The van der Waals surface area contributed by atoms with Crippen molar-refractivity contribution in [1.29, 1.82) is 0 Å². The molecule has 2 N–H and O–H groups in total. The van der Waals surface area contributed by atoms with Gasteiger partial charge in [0.05, 0.1) is 5.69 Å². The van der Waals surface area contributed by atoms with Crippen LogP contribution >= 0.6 is 0 Å². The van der Waals surface area contributed by atoms with Gasteiger partial charge in [-0.05, 0) is 49.4 Å². The van der Waals surface area contributed by atoms with Crippen LogP contribution in [0.2, 0.25) is 0 Å². The lowest BCUT2D eigenvalue weighted by molar-refractivity contribution is -0.140. The third-order valence-electron chi connectivity index (χ3n) is 4.89. The zero-order valence-electron chi connectivity index (χ0n) is 14.0. The summed E-state index contributed by atoms with van der Waals surface area (Å²) in [6.45, 7) is 3.79. The fourth-order valence-electron chi connectivity index (χ4n) is 3.55. The zero-order chi connectivity index (χ0) is 17.1. The number of anilines is 1. The summed E-state index contributed by atoms with van der Waals surface area (Å²) < 4.78 is 14.7. The highest BCUT2D eigenvalue weighted by atomic mass is 19.1. The van der Waals surface area contributed by atoms with Gasteiger partial charge >= 0.3 is 0 Å². The van der Waals surface area contributed by atoms with Gasteiger partial charge in [-0.3, -0.25) is 9.59 Å². The van der Waals surface area contributed by atoms with Crippen LogP contribution in [0.5, 0.6) is 0 Å². The lowest BCUT2D eigenvalue weighted by Crippen LogP contribution is -2.49. The predicted molar refractivity (Wildman–Crippen MR) is 90.1 cm³/mol. The zero-order valence-corrected chi connectivity index (χ0v) is 14.0. The number of halogens is 1. The summed E-state index contributed by atoms with van der Waals surface area (Å²) in [5.74, 6) is -0.650. The number of piperidine rings is 1. The van der Waals surface area contributed by atoms with Crippen molar-refractivity contribution in [3.63, 3.8) is 0 Å². The highest BCUT2D eigenvalue weighted by Crippen LogP contribution is 2.26. The minimum absolute atomic E-state index is 0.0214. The molecule has 1 aromatic carbocycles. The van der Waals surface area contributed by atoms with E-state index in [2.05, 4.69) is 10.6 Å². The van der Waals surface area contributed by atoms with E-state index in [1.54, 1.807) is 17.9 Å². The summed E-state index contributed by atoms with van der Waals surface area (Å²) in [5.41, 5.74) is 1.84. The number of nitrogens with one attached hydrogen (secondary N) is 2. The molecule has 2 heterocycles. The van der Waals surface area contributed by atoms with Crippen LogP contribution in [0.1, 0.15) is 43.7 Å². The molecule has 1 unspecified atom stereocenters. The molecule has 2 amide bonds. The number of nitrogens with zero attached hydrogens (tertiary/aromatic N) is 1. The molecule has 6 heteroatoms. The number of benzene rings is 1.